The lowest BCUT2D eigenvalue weighted by Crippen LogP contribution is -2.13. The Morgan fingerprint density at radius 2 is 2.00 bits per heavy atom. The molecule has 0 heterocycles. The van der Waals surface area contributed by atoms with Gasteiger partial charge in [0.1, 0.15) is 5.78 Å². The quantitative estimate of drug-likeness (QED) is 0.549. The molecule has 1 atom stereocenters. The van der Waals surface area contributed by atoms with E-state index < -0.39 is 0 Å². The van der Waals surface area contributed by atoms with Gasteiger partial charge in [-0.1, -0.05) is 6.92 Å². The summed E-state index contributed by atoms with van der Waals surface area (Å²) < 4.78 is 4.38. The van der Waals surface area contributed by atoms with Crippen LogP contribution < -0.4 is 0 Å². The molecule has 0 unspecified atom stereocenters. The predicted octanol–water partition coefficient (Wildman–Crippen LogP) is 0.775. The maximum Gasteiger partial charge on any atom is 0.306 e. The Bertz CT molecular complexity index is 140. The van der Waals surface area contributed by atoms with Gasteiger partial charge in [0.25, 0.3) is 0 Å². The fourth-order valence-electron chi connectivity index (χ4n) is 0.477. The molecule has 0 rings (SSSR count). The molecule has 0 aromatic rings. The highest BCUT2D eigenvalue weighted by Crippen LogP contribution is 2.03. The second-order valence-corrected chi connectivity index (χ2v) is 2.29. The van der Waals surface area contributed by atoms with E-state index in [1.54, 1.807) is 6.92 Å². The molecule has 0 spiro atoms. The SMILES string of the molecule is COC(=O)C[C@@H](C)C(C)=O. The molecule has 58 valence electrons. The zero-order chi connectivity index (χ0) is 8.15. The van der Waals surface area contributed by atoms with Crippen LogP contribution in [0.3, 0.4) is 0 Å². The summed E-state index contributed by atoms with van der Waals surface area (Å²) in [6, 6.07) is 0. The van der Waals surface area contributed by atoms with Crippen LogP contribution in [0.15, 0.2) is 0 Å². The van der Waals surface area contributed by atoms with Crippen molar-refractivity contribution in [3.05, 3.63) is 0 Å². The number of esters is 1. The number of carbonyl (C=O) groups is 2. The highest BCUT2D eigenvalue weighted by molar-refractivity contribution is 5.83. The van der Waals surface area contributed by atoms with Crippen molar-refractivity contribution in [2.45, 2.75) is 20.3 Å². The van der Waals surface area contributed by atoms with Gasteiger partial charge in [0, 0.05) is 5.92 Å². The molecule has 3 nitrogen and oxygen atoms in total. The van der Waals surface area contributed by atoms with E-state index in [4.69, 9.17) is 0 Å². The Balaban J connectivity index is 3.68. The molecule has 0 radical (unpaired) electrons. The van der Waals surface area contributed by atoms with Gasteiger partial charge in [-0.05, 0) is 6.92 Å². The third-order valence-electron chi connectivity index (χ3n) is 1.39. The highest BCUT2D eigenvalue weighted by atomic mass is 16.5. The van der Waals surface area contributed by atoms with Crippen molar-refractivity contribution >= 4 is 11.8 Å². The third kappa shape index (κ3) is 3.22. The summed E-state index contributed by atoms with van der Waals surface area (Å²) >= 11 is 0. The Hall–Kier alpha value is -0.860. The molecule has 0 aromatic heterocycles. The van der Waals surface area contributed by atoms with Crippen LogP contribution in [0, 0.1) is 5.92 Å². The second-order valence-electron chi connectivity index (χ2n) is 2.29. The first-order chi connectivity index (χ1) is 4.57. The van der Waals surface area contributed by atoms with Gasteiger partial charge in [0.15, 0.2) is 0 Å². The predicted molar refractivity (Wildman–Crippen MR) is 36.5 cm³/mol. The average molecular weight is 144 g/mol. The first kappa shape index (κ1) is 9.14. The summed E-state index contributed by atoms with van der Waals surface area (Å²) in [5.41, 5.74) is 0. The molecule has 0 fully saturated rings. The monoisotopic (exact) mass is 144 g/mol. The fourth-order valence-corrected chi connectivity index (χ4v) is 0.477. The van der Waals surface area contributed by atoms with Crippen molar-refractivity contribution < 1.29 is 14.3 Å². The number of ether oxygens (including phenoxy) is 1. The van der Waals surface area contributed by atoms with Crippen molar-refractivity contribution in [2.24, 2.45) is 5.92 Å². The van der Waals surface area contributed by atoms with Crippen molar-refractivity contribution in [1.29, 1.82) is 0 Å². The molecule has 10 heavy (non-hydrogen) atoms. The van der Waals surface area contributed by atoms with Crippen LogP contribution in [-0.4, -0.2) is 18.9 Å². The number of methoxy groups -OCH3 is 1. The normalized spacial score (nSPS) is 12.3. The molecule has 3 heteroatoms. The minimum absolute atomic E-state index is 0.0189. The van der Waals surface area contributed by atoms with Gasteiger partial charge in [-0.3, -0.25) is 9.59 Å². The lowest BCUT2D eigenvalue weighted by atomic mass is 10.0. The number of ketones is 1. The summed E-state index contributed by atoms with van der Waals surface area (Å²) in [6.07, 6.45) is 0.186. The first-order valence-corrected chi connectivity index (χ1v) is 3.15. The van der Waals surface area contributed by atoms with E-state index in [-0.39, 0.29) is 24.1 Å². The number of carbonyl (C=O) groups excluding carboxylic acids is 2. The fraction of sp³-hybridized carbons (Fsp3) is 0.714. The lowest BCUT2D eigenvalue weighted by molar-refractivity contribution is -0.143. The van der Waals surface area contributed by atoms with Gasteiger partial charge in [0.2, 0.25) is 0 Å². The summed E-state index contributed by atoms with van der Waals surface area (Å²) in [6.45, 7) is 3.17. The van der Waals surface area contributed by atoms with Gasteiger partial charge in [0.05, 0.1) is 13.5 Å². The molecule has 0 aliphatic heterocycles. The number of Topliss-reactive ketones (excluding diaryl/α,β-unsaturated/α-hetero) is 1. The minimum atomic E-state index is -0.331. The molecule has 0 aliphatic carbocycles. The Morgan fingerprint density at radius 1 is 1.50 bits per heavy atom. The van der Waals surface area contributed by atoms with Crippen LogP contribution in [0.5, 0.6) is 0 Å². The summed E-state index contributed by atoms with van der Waals surface area (Å²) in [4.78, 5) is 21.1. The molecular formula is C7H12O3. The highest BCUT2D eigenvalue weighted by Gasteiger charge is 2.12. The van der Waals surface area contributed by atoms with E-state index in [1.165, 1.54) is 14.0 Å². The minimum Gasteiger partial charge on any atom is -0.469 e. The zero-order valence-corrected chi connectivity index (χ0v) is 6.51. The van der Waals surface area contributed by atoms with Gasteiger partial charge >= 0.3 is 5.97 Å². The van der Waals surface area contributed by atoms with E-state index in [1.807, 2.05) is 0 Å². The van der Waals surface area contributed by atoms with Gasteiger partial charge in [-0.25, -0.2) is 0 Å². The number of rotatable bonds is 3. The van der Waals surface area contributed by atoms with Crippen molar-refractivity contribution in [3.63, 3.8) is 0 Å². The van der Waals surface area contributed by atoms with Crippen LogP contribution in [-0.2, 0) is 14.3 Å². The lowest BCUT2D eigenvalue weighted by Gasteiger charge is -2.03. The van der Waals surface area contributed by atoms with Gasteiger partial charge in [-0.15, -0.1) is 0 Å². The largest absolute Gasteiger partial charge is 0.469 e. The van der Waals surface area contributed by atoms with Gasteiger partial charge < -0.3 is 4.74 Å². The maximum atomic E-state index is 10.6. The van der Waals surface area contributed by atoms with Crippen LogP contribution in [0.2, 0.25) is 0 Å². The number of hydrogen-bond acceptors (Lipinski definition) is 3. The topological polar surface area (TPSA) is 43.4 Å². The van der Waals surface area contributed by atoms with Crippen molar-refractivity contribution in [1.82, 2.24) is 0 Å². The molecular weight excluding hydrogens is 132 g/mol. The number of hydrogen-bond donors (Lipinski definition) is 0. The smallest absolute Gasteiger partial charge is 0.306 e. The van der Waals surface area contributed by atoms with E-state index >= 15 is 0 Å². The van der Waals surface area contributed by atoms with E-state index in [0.717, 1.165) is 0 Å². The maximum absolute atomic E-state index is 10.6. The average Bonchev–Trinajstić information content (AvgIpc) is 1.87. The van der Waals surface area contributed by atoms with Crippen LogP contribution in [0.4, 0.5) is 0 Å². The van der Waals surface area contributed by atoms with Gasteiger partial charge in [-0.2, -0.15) is 0 Å². The van der Waals surface area contributed by atoms with Crippen LogP contribution in [0.1, 0.15) is 20.3 Å². The molecule has 0 aromatic carbocycles. The third-order valence-corrected chi connectivity index (χ3v) is 1.39. The van der Waals surface area contributed by atoms with Crippen molar-refractivity contribution in [2.75, 3.05) is 7.11 Å². The first-order valence-electron chi connectivity index (χ1n) is 3.15. The molecule has 0 bridgehead atoms. The molecule has 0 saturated heterocycles. The summed E-state index contributed by atoms with van der Waals surface area (Å²) in [5.74, 6) is -0.527. The standard InChI is InChI=1S/C7H12O3/c1-5(6(2)8)4-7(9)10-3/h5H,4H2,1-3H3/t5-/m1/s1. The molecule has 0 aliphatic rings. The Kier molecular flexibility index (Phi) is 3.69. The Labute approximate surface area is 60.4 Å². The van der Waals surface area contributed by atoms with E-state index in [0.29, 0.717) is 0 Å². The molecule has 0 saturated carbocycles. The summed E-state index contributed by atoms with van der Waals surface area (Å²) in [5, 5.41) is 0. The Morgan fingerprint density at radius 3 is 2.30 bits per heavy atom. The molecule has 0 N–H and O–H groups in total. The van der Waals surface area contributed by atoms with Crippen LogP contribution >= 0.6 is 0 Å². The van der Waals surface area contributed by atoms with Crippen molar-refractivity contribution in [3.8, 4) is 0 Å². The van der Waals surface area contributed by atoms with E-state index in [2.05, 4.69) is 4.74 Å². The summed E-state index contributed by atoms with van der Waals surface area (Å²) in [7, 11) is 1.31. The zero-order valence-electron chi connectivity index (χ0n) is 6.51. The van der Waals surface area contributed by atoms with Crippen LogP contribution in [0.25, 0.3) is 0 Å². The molecule has 0 amide bonds. The van der Waals surface area contributed by atoms with E-state index in [9.17, 15) is 9.59 Å². The second kappa shape index (κ2) is 4.04.